The number of benzene rings is 1. The maximum absolute atomic E-state index is 12.9. The first-order valence-electron chi connectivity index (χ1n) is 7.70. The highest BCUT2D eigenvalue weighted by Crippen LogP contribution is 2.30. The second-order valence-electron chi connectivity index (χ2n) is 5.74. The van der Waals surface area contributed by atoms with Crippen molar-refractivity contribution < 1.29 is 17.2 Å². The molecule has 0 spiro atoms. The molecule has 0 bridgehead atoms. The molecule has 4 nitrogen and oxygen atoms in total. The molecule has 0 atom stereocenters. The summed E-state index contributed by atoms with van der Waals surface area (Å²) in [5.74, 6) is -3.41. The van der Waals surface area contributed by atoms with Gasteiger partial charge in [-0.3, -0.25) is 4.90 Å². The Hall–Kier alpha value is -1.03. The van der Waals surface area contributed by atoms with E-state index < -0.39 is 15.6 Å². The number of anilines is 1. The lowest BCUT2D eigenvalue weighted by molar-refractivity contribution is 0.234. The highest BCUT2D eigenvalue weighted by molar-refractivity contribution is 9.11. The van der Waals surface area contributed by atoms with Gasteiger partial charge in [0.25, 0.3) is 0 Å². The van der Waals surface area contributed by atoms with Gasteiger partial charge in [0.15, 0.2) is 0 Å². The van der Waals surface area contributed by atoms with Gasteiger partial charge in [0.1, 0.15) is 0 Å². The average molecular weight is 451 g/mol. The van der Waals surface area contributed by atoms with E-state index in [9.17, 15) is 17.2 Å². The number of hydrogen-bond donors (Lipinski definition) is 0. The minimum Gasteiger partial charge on any atom is -0.368 e. The van der Waals surface area contributed by atoms with Gasteiger partial charge in [-0.25, -0.2) is 8.42 Å². The Labute approximate surface area is 158 Å². The summed E-state index contributed by atoms with van der Waals surface area (Å²) in [6, 6.07) is 10.1. The van der Waals surface area contributed by atoms with Crippen molar-refractivity contribution in [3.05, 3.63) is 45.1 Å². The maximum atomic E-state index is 12.9. The number of thiophene rings is 1. The zero-order valence-electron chi connectivity index (χ0n) is 13.2. The maximum Gasteiger partial charge on any atom is 0.341 e. The first-order valence-corrected chi connectivity index (χ1v) is 10.9. The number of nitrogens with zero attached hydrogens (tertiary/aromatic N) is 2. The monoisotopic (exact) mass is 450 g/mol. The van der Waals surface area contributed by atoms with Crippen molar-refractivity contribution >= 4 is 42.8 Å². The highest BCUT2D eigenvalue weighted by Gasteiger charge is 2.31. The van der Waals surface area contributed by atoms with Crippen molar-refractivity contribution in [2.45, 2.75) is 17.2 Å². The van der Waals surface area contributed by atoms with Crippen molar-refractivity contribution in [1.82, 2.24) is 4.90 Å². The Morgan fingerprint density at radius 1 is 1.08 bits per heavy atom. The van der Waals surface area contributed by atoms with Crippen LogP contribution < -0.4 is 4.90 Å². The average Bonchev–Trinajstić information content (AvgIpc) is 3.00. The van der Waals surface area contributed by atoms with Gasteiger partial charge < -0.3 is 4.90 Å². The van der Waals surface area contributed by atoms with Crippen LogP contribution in [0.2, 0.25) is 0 Å². The van der Waals surface area contributed by atoms with E-state index in [1.165, 1.54) is 17.0 Å². The van der Waals surface area contributed by atoms with Gasteiger partial charge in [0.2, 0.25) is 9.84 Å². The normalized spacial score (nSPS) is 16.6. The van der Waals surface area contributed by atoms with Crippen LogP contribution in [0.5, 0.6) is 0 Å². The lowest BCUT2D eigenvalue weighted by Crippen LogP contribution is -2.46. The van der Waals surface area contributed by atoms with E-state index in [2.05, 4.69) is 26.9 Å². The van der Waals surface area contributed by atoms with Crippen molar-refractivity contribution in [3.8, 4) is 0 Å². The molecule has 2 aromatic rings. The molecule has 1 aromatic carbocycles. The molecule has 25 heavy (non-hydrogen) atoms. The Kier molecular flexibility index (Phi) is 5.77. The molecule has 1 aliphatic rings. The number of rotatable bonds is 5. The highest BCUT2D eigenvalue weighted by atomic mass is 79.9. The molecule has 1 aliphatic heterocycles. The van der Waals surface area contributed by atoms with Crippen LogP contribution in [0.25, 0.3) is 0 Å². The third-order valence-electron chi connectivity index (χ3n) is 4.13. The molecule has 1 fully saturated rings. The van der Waals surface area contributed by atoms with Crippen LogP contribution in [-0.2, 0) is 16.4 Å². The molecule has 2 heterocycles. The zero-order valence-corrected chi connectivity index (χ0v) is 16.5. The van der Waals surface area contributed by atoms with E-state index >= 15 is 0 Å². The first kappa shape index (κ1) is 18.8. The molecule has 0 saturated carbocycles. The molecule has 0 unspecified atom stereocenters. The standard InChI is InChI=1S/C16H17BrF2N2O2S2/c17-15-6-5-12(24-15)11-20-7-9-21(10-8-20)13-3-1-2-4-14(13)25(22,23)16(18)19/h1-6,16H,7-11H2. The summed E-state index contributed by atoms with van der Waals surface area (Å²) in [5.41, 5.74) is 0.362. The fourth-order valence-electron chi connectivity index (χ4n) is 2.86. The number of hydrogen-bond acceptors (Lipinski definition) is 5. The zero-order chi connectivity index (χ0) is 18.0. The fourth-order valence-corrected chi connectivity index (χ4v) is 5.33. The van der Waals surface area contributed by atoms with Gasteiger partial charge in [-0.1, -0.05) is 12.1 Å². The SMILES string of the molecule is O=S(=O)(c1ccccc1N1CCN(Cc2ccc(Br)s2)CC1)C(F)F. The van der Waals surface area contributed by atoms with Gasteiger partial charge in [-0.15, -0.1) is 11.3 Å². The number of piperazine rings is 1. The van der Waals surface area contributed by atoms with Gasteiger partial charge in [0.05, 0.1) is 14.4 Å². The summed E-state index contributed by atoms with van der Waals surface area (Å²) in [5, 5.41) is 0. The molecular formula is C16H17BrF2N2O2S2. The van der Waals surface area contributed by atoms with Gasteiger partial charge in [-0.2, -0.15) is 8.78 Å². The molecule has 0 N–H and O–H groups in total. The summed E-state index contributed by atoms with van der Waals surface area (Å²) in [6.07, 6.45) is 0. The van der Waals surface area contributed by atoms with E-state index in [0.717, 1.165) is 23.4 Å². The number of sulfone groups is 1. The van der Waals surface area contributed by atoms with E-state index in [4.69, 9.17) is 0 Å². The summed E-state index contributed by atoms with van der Waals surface area (Å²) >= 11 is 5.14. The minimum absolute atomic E-state index is 0.291. The molecule has 1 aromatic heterocycles. The Morgan fingerprint density at radius 2 is 1.76 bits per heavy atom. The van der Waals surface area contributed by atoms with Crippen LogP contribution in [0.4, 0.5) is 14.5 Å². The summed E-state index contributed by atoms with van der Waals surface area (Å²) < 4.78 is 50.8. The largest absolute Gasteiger partial charge is 0.368 e. The van der Waals surface area contributed by atoms with E-state index in [1.54, 1.807) is 23.5 Å². The smallest absolute Gasteiger partial charge is 0.341 e. The van der Waals surface area contributed by atoms with Gasteiger partial charge in [-0.05, 0) is 40.2 Å². The number of halogens is 3. The van der Waals surface area contributed by atoms with Crippen LogP contribution in [0, 0.1) is 0 Å². The summed E-state index contributed by atoms with van der Waals surface area (Å²) in [6.45, 7) is 3.53. The molecule has 3 rings (SSSR count). The quantitative estimate of drug-likeness (QED) is 0.693. The minimum atomic E-state index is -4.61. The predicted molar refractivity (Wildman–Crippen MR) is 99.1 cm³/mol. The third kappa shape index (κ3) is 4.21. The van der Waals surface area contributed by atoms with Crippen LogP contribution in [0.1, 0.15) is 4.88 Å². The van der Waals surface area contributed by atoms with Crippen molar-refractivity contribution in [2.75, 3.05) is 31.1 Å². The van der Waals surface area contributed by atoms with Crippen LogP contribution in [0.15, 0.2) is 45.1 Å². The first-order chi connectivity index (χ1) is 11.9. The number of para-hydroxylation sites is 1. The second-order valence-corrected chi connectivity index (χ2v) is 10.2. The van der Waals surface area contributed by atoms with Crippen molar-refractivity contribution in [3.63, 3.8) is 0 Å². The van der Waals surface area contributed by atoms with Gasteiger partial charge >= 0.3 is 5.76 Å². The lowest BCUT2D eigenvalue weighted by atomic mass is 10.2. The Balaban J connectivity index is 1.71. The molecule has 0 radical (unpaired) electrons. The molecule has 0 aliphatic carbocycles. The topological polar surface area (TPSA) is 40.6 Å². The lowest BCUT2D eigenvalue weighted by Gasteiger charge is -2.36. The van der Waals surface area contributed by atoms with E-state index in [1.807, 2.05) is 11.0 Å². The van der Waals surface area contributed by atoms with E-state index in [-0.39, 0.29) is 4.90 Å². The Morgan fingerprint density at radius 3 is 2.36 bits per heavy atom. The van der Waals surface area contributed by atoms with E-state index in [0.29, 0.717) is 18.8 Å². The number of alkyl halides is 2. The molecule has 0 amide bonds. The van der Waals surface area contributed by atoms with Crippen molar-refractivity contribution in [2.24, 2.45) is 0 Å². The van der Waals surface area contributed by atoms with Crippen LogP contribution in [-0.4, -0.2) is 45.3 Å². The molecule has 1 saturated heterocycles. The fraction of sp³-hybridized carbons (Fsp3) is 0.375. The molecule has 9 heteroatoms. The second kappa shape index (κ2) is 7.69. The third-order valence-corrected chi connectivity index (χ3v) is 7.16. The van der Waals surface area contributed by atoms with Crippen molar-refractivity contribution in [1.29, 1.82) is 0 Å². The van der Waals surface area contributed by atoms with Crippen LogP contribution in [0.3, 0.4) is 0 Å². The van der Waals surface area contributed by atoms with Gasteiger partial charge in [0, 0.05) is 37.6 Å². The summed E-state index contributed by atoms with van der Waals surface area (Å²) in [4.78, 5) is 5.11. The molecule has 136 valence electrons. The predicted octanol–water partition coefficient (Wildman–Crippen LogP) is 3.83. The summed E-state index contributed by atoms with van der Waals surface area (Å²) in [7, 11) is -4.61. The molecular weight excluding hydrogens is 434 g/mol. The Bertz CT molecular complexity index is 834. The van der Waals surface area contributed by atoms with Crippen LogP contribution >= 0.6 is 27.3 Å².